The summed E-state index contributed by atoms with van der Waals surface area (Å²) < 4.78 is 6.68. The molecule has 2 aromatic heterocycles. The first-order valence-electron chi connectivity index (χ1n) is 7.57. The van der Waals surface area contributed by atoms with E-state index in [1.807, 2.05) is 0 Å². The molecule has 1 saturated heterocycles. The lowest BCUT2D eigenvalue weighted by Gasteiger charge is -2.28. The van der Waals surface area contributed by atoms with Crippen LogP contribution in [0.2, 0.25) is 0 Å². The van der Waals surface area contributed by atoms with Gasteiger partial charge in [-0.15, -0.1) is 6.42 Å². The first-order valence-corrected chi connectivity index (χ1v) is 7.57. The molecular formula is C15H17N5O3. The predicted octanol–water partition coefficient (Wildman–Crippen LogP) is -0.171. The Bertz CT molecular complexity index is 781. The van der Waals surface area contributed by atoms with Crippen LogP contribution in [0.5, 0.6) is 0 Å². The van der Waals surface area contributed by atoms with E-state index in [0.29, 0.717) is 23.2 Å². The van der Waals surface area contributed by atoms with Crippen molar-refractivity contribution in [2.24, 2.45) is 0 Å². The van der Waals surface area contributed by atoms with Crippen molar-refractivity contribution >= 4 is 17.1 Å². The summed E-state index contributed by atoms with van der Waals surface area (Å²) in [6.45, 7) is -0.135. The fraction of sp³-hybridized carbons (Fsp3) is 0.533. The fourth-order valence-corrected chi connectivity index (χ4v) is 2.88. The number of nitrogens with one attached hydrogen (secondary N) is 1. The summed E-state index contributed by atoms with van der Waals surface area (Å²) in [7, 11) is 0. The van der Waals surface area contributed by atoms with Crippen molar-refractivity contribution in [3.63, 3.8) is 0 Å². The van der Waals surface area contributed by atoms with Crippen LogP contribution in [0.4, 0.5) is 5.95 Å². The molecule has 3 atom stereocenters. The van der Waals surface area contributed by atoms with E-state index in [4.69, 9.17) is 11.2 Å². The van der Waals surface area contributed by atoms with E-state index >= 15 is 0 Å². The molecule has 0 aromatic carbocycles. The van der Waals surface area contributed by atoms with E-state index in [-0.39, 0.29) is 6.61 Å². The zero-order valence-electron chi connectivity index (χ0n) is 12.4. The maximum atomic E-state index is 10.8. The van der Waals surface area contributed by atoms with Gasteiger partial charge in [0.25, 0.3) is 0 Å². The molecular weight excluding hydrogens is 298 g/mol. The van der Waals surface area contributed by atoms with Crippen LogP contribution < -0.4 is 5.32 Å². The Hall–Kier alpha value is -2.21. The number of aromatic nitrogens is 4. The molecule has 0 radical (unpaired) electrons. The van der Waals surface area contributed by atoms with Crippen LogP contribution in [-0.2, 0) is 10.5 Å². The smallest absolute Gasteiger partial charge is 0.224 e. The summed E-state index contributed by atoms with van der Waals surface area (Å²) in [5.41, 5.74) is -0.757. The molecule has 8 nitrogen and oxygen atoms in total. The highest BCUT2D eigenvalue weighted by atomic mass is 16.5. The number of ether oxygens (including phenoxy) is 1. The summed E-state index contributed by atoms with van der Waals surface area (Å²) in [4.78, 5) is 12.8. The molecule has 4 rings (SSSR count). The van der Waals surface area contributed by atoms with E-state index < -0.39 is 17.9 Å². The highest BCUT2D eigenvalue weighted by Gasteiger charge is 2.50. The Labute approximate surface area is 132 Å². The Morgan fingerprint density at radius 2 is 2.26 bits per heavy atom. The van der Waals surface area contributed by atoms with Gasteiger partial charge in [-0.3, -0.25) is 4.57 Å². The minimum absolute atomic E-state index is 0.135. The van der Waals surface area contributed by atoms with Gasteiger partial charge in [-0.25, -0.2) is 9.97 Å². The maximum Gasteiger partial charge on any atom is 0.224 e. The Balaban J connectivity index is 1.72. The SMILES string of the molecule is C#C[C@H]1OC[C@](O)(n2cnc3cnc(NC4CCC4)nc32)[C@H]1O. The molecule has 120 valence electrons. The van der Waals surface area contributed by atoms with Crippen LogP contribution in [-0.4, -0.2) is 54.6 Å². The minimum Gasteiger partial charge on any atom is -0.384 e. The lowest BCUT2D eigenvalue weighted by Crippen LogP contribution is -2.45. The van der Waals surface area contributed by atoms with Gasteiger partial charge >= 0.3 is 0 Å². The Kier molecular flexibility index (Phi) is 3.23. The second kappa shape index (κ2) is 5.16. The van der Waals surface area contributed by atoms with Gasteiger partial charge in [0.1, 0.15) is 17.7 Å². The highest BCUT2D eigenvalue weighted by Crippen LogP contribution is 2.32. The molecule has 1 aliphatic heterocycles. The van der Waals surface area contributed by atoms with Crippen molar-refractivity contribution in [2.75, 3.05) is 11.9 Å². The molecule has 1 saturated carbocycles. The second-order valence-electron chi connectivity index (χ2n) is 6.01. The van der Waals surface area contributed by atoms with E-state index in [1.165, 1.54) is 17.3 Å². The number of aliphatic hydroxyl groups is 2. The van der Waals surface area contributed by atoms with E-state index in [2.05, 4.69) is 26.2 Å². The first kappa shape index (κ1) is 14.4. The molecule has 8 heteroatoms. The van der Waals surface area contributed by atoms with Crippen LogP contribution >= 0.6 is 0 Å². The number of anilines is 1. The third-order valence-corrected chi connectivity index (χ3v) is 4.55. The topological polar surface area (TPSA) is 105 Å². The van der Waals surface area contributed by atoms with Crippen LogP contribution in [0.25, 0.3) is 11.2 Å². The summed E-state index contributed by atoms with van der Waals surface area (Å²) in [5, 5.41) is 24.3. The Morgan fingerprint density at radius 3 is 2.91 bits per heavy atom. The summed E-state index contributed by atoms with van der Waals surface area (Å²) in [6.07, 6.45) is 9.58. The number of aliphatic hydroxyl groups excluding tert-OH is 1. The third-order valence-electron chi connectivity index (χ3n) is 4.55. The van der Waals surface area contributed by atoms with Crippen molar-refractivity contribution in [3.8, 4) is 12.3 Å². The number of terminal acetylenes is 1. The molecule has 0 amide bonds. The molecule has 3 N–H and O–H groups in total. The minimum atomic E-state index is -1.70. The second-order valence-corrected chi connectivity index (χ2v) is 6.01. The molecule has 2 aromatic rings. The van der Waals surface area contributed by atoms with Crippen molar-refractivity contribution < 1.29 is 14.9 Å². The summed E-state index contributed by atoms with van der Waals surface area (Å²) >= 11 is 0. The van der Waals surface area contributed by atoms with E-state index in [9.17, 15) is 10.2 Å². The van der Waals surface area contributed by atoms with Gasteiger partial charge in [-0.2, -0.15) is 4.98 Å². The Morgan fingerprint density at radius 1 is 1.43 bits per heavy atom. The van der Waals surface area contributed by atoms with Gasteiger partial charge in [-0.05, 0) is 19.3 Å². The van der Waals surface area contributed by atoms with E-state index in [1.54, 1.807) is 6.20 Å². The fourth-order valence-electron chi connectivity index (χ4n) is 2.88. The molecule has 23 heavy (non-hydrogen) atoms. The normalized spacial score (nSPS) is 31.0. The first-order chi connectivity index (χ1) is 11.1. The van der Waals surface area contributed by atoms with Gasteiger partial charge in [-0.1, -0.05) is 5.92 Å². The van der Waals surface area contributed by atoms with E-state index in [0.717, 1.165) is 12.8 Å². The average molecular weight is 315 g/mol. The van der Waals surface area contributed by atoms with Crippen molar-refractivity contribution in [3.05, 3.63) is 12.5 Å². The number of fused-ring (bicyclic) bond motifs is 1. The van der Waals surface area contributed by atoms with Gasteiger partial charge in [0.15, 0.2) is 11.4 Å². The lowest BCUT2D eigenvalue weighted by atomic mass is 9.93. The predicted molar refractivity (Wildman–Crippen MR) is 81.4 cm³/mol. The summed E-state index contributed by atoms with van der Waals surface area (Å²) in [6, 6.07) is 0.387. The summed E-state index contributed by atoms with van der Waals surface area (Å²) in [5.74, 6) is 2.80. The number of nitrogens with zero attached hydrogens (tertiary/aromatic N) is 4. The quantitative estimate of drug-likeness (QED) is 0.675. The van der Waals surface area contributed by atoms with Crippen LogP contribution in [0, 0.1) is 12.3 Å². The monoisotopic (exact) mass is 315 g/mol. The molecule has 0 spiro atoms. The average Bonchev–Trinajstić information content (AvgIpc) is 3.06. The molecule has 2 fully saturated rings. The zero-order valence-corrected chi connectivity index (χ0v) is 12.4. The van der Waals surface area contributed by atoms with Crippen molar-refractivity contribution in [1.82, 2.24) is 19.5 Å². The standard InChI is InChI=1S/C15H17N5O3/c1-2-11-12(21)15(22,7-23-11)20-8-17-10-6-16-14(19-13(10)20)18-9-4-3-5-9/h1,6,8-9,11-12,21-22H,3-5,7H2,(H,16,18,19)/t11-,12+,15-/m1/s1. The third kappa shape index (κ3) is 2.16. The van der Waals surface area contributed by atoms with Gasteiger partial charge in [0.05, 0.1) is 19.1 Å². The number of rotatable bonds is 3. The number of hydrogen-bond acceptors (Lipinski definition) is 7. The van der Waals surface area contributed by atoms with Crippen LogP contribution in [0.1, 0.15) is 19.3 Å². The van der Waals surface area contributed by atoms with Crippen LogP contribution in [0.15, 0.2) is 12.5 Å². The number of imidazole rings is 1. The highest BCUT2D eigenvalue weighted by molar-refractivity contribution is 5.71. The molecule has 1 aliphatic carbocycles. The number of hydrogen-bond donors (Lipinski definition) is 3. The molecule has 0 bridgehead atoms. The van der Waals surface area contributed by atoms with Crippen molar-refractivity contribution in [1.29, 1.82) is 0 Å². The van der Waals surface area contributed by atoms with Crippen LogP contribution in [0.3, 0.4) is 0 Å². The van der Waals surface area contributed by atoms with Gasteiger partial charge in [0, 0.05) is 6.04 Å². The zero-order chi connectivity index (χ0) is 16.0. The molecule has 2 aliphatic rings. The van der Waals surface area contributed by atoms with Gasteiger partial charge in [0.2, 0.25) is 5.95 Å². The largest absolute Gasteiger partial charge is 0.384 e. The van der Waals surface area contributed by atoms with Gasteiger partial charge < -0.3 is 20.3 Å². The maximum absolute atomic E-state index is 10.8. The molecule has 3 heterocycles. The molecule has 0 unspecified atom stereocenters. The lowest BCUT2D eigenvalue weighted by molar-refractivity contribution is -0.105. The van der Waals surface area contributed by atoms with Crippen molar-refractivity contribution in [2.45, 2.75) is 43.2 Å².